The van der Waals surface area contributed by atoms with Crippen LogP contribution in [0.1, 0.15) is 31.4 Å². The van der Waals surface area contributed by atoms with E-state index in [1.165, 1.54) is 28.5 Å². The van der Waals surface area contributed by atoms with Crippen LogP contribution in [-0.4, -0.2) is 6.54 Å². The third-order valence-corrected chi connectivity index (χ3v) is 4.53. The Kier molecular flexibility index (Phi) is 2.70. The molecule has 16 heavy (non-hydrogen) atoms. The molecule has 0 bridgehead atoms. The van der Waals surface area contributed by atoms with E-state index in [0.29, 0.717) is 6.04 Å². The first kappa shape index (κ1) is 10.3. The fourth-order valence-corrected chi connectivity index (χ4v) is 3.60. The number of hydrogen-bond donors (Lipinski definition) is 1. The summed E-state index contributed by atoms with van der Waals surface area (Å²) in [6, 6.07) is 9.46. The molecule has 1 aliphatic rings. The molecule has 1 saturated heterocycles. The maximum Gasteiger partial charge on any atom is 0.0390 e. The van der Waals surface area contributed by atoms with Crippen molar-refractivity contribution >= 4 is 21.4 Å². The standard InChI is InChI=1S/C14H17NS/c1-10-5-7-15-13(9-10)12-4-2-3-11-6-8-16-14(11)12/h2-4,6,8,10,13,15H,5,7,9H2,1H3. The van der Waals surface area contributed by atoms with Gasteiger partial charge in [-0.3, -0.25) is 0 Å². The zero-order valence-corrected chi connectivity index (χ0v) is 10.4. The van der Waals surface area contributed by atoms with Crippen molar-refractivity contribution in [3.63, 3.8) is 0 Å². The van der Waals surface area contributed by atoms with E-state index in [4.69, 9.17) is 0 Å². The molecule has 1 fully saturated rings. The Balaban J connectivity index is 2.01. The molecule has 2 heteroatoms. The zero-order valence-electron chi connectivity index (χ0n) is 9.57. The first-order valence-electron chi connectivity index (χ1n) is 6.04. The van der Waals surface area contributed by atoms with Gasteiger partial charge in [-0.05, 0) is 47.7 Å². The molecule has 0 spiro atoms. The largest absolute Gasteiger partial charge is 0.310 e. The van der Waals surface area contributed by atoms with Crippen molar-refractivity contribution in [1.82, 2.24) is 5.32 Å². The van der Waals surface area contributed by atoms with Crippen molar-refractivity contribution in [2.45, 2.75) is 25.8 Å². The predicted octanol–water partition coefficient (Wildman–Crippen LogP) is 3.96. The number of fused-ring (bicyclic) bond motifs is 1. The normalized spacial score (nSPS) is 26.1. The molecule has 2 aromatic rings. The maximum absolute atomic E-state index is 3.65. The summed E-state index contributed by atoms with van der Waals surface area (Å²) >= 11 is 1.87. The van der Waals surface area contributed by atoms with Gasteiger partial charge in [0.25, 0.3) is 0 Å². The minimum absolute atomic E-state index is 0.561. The molecule has 1 N–H and O–H groups in total. The van der Waals surface area contributed by atoms with E-state index in [0.717, 1.165) is 12.5 Å². The first-order chi connectivity index (χ1) is 7.84. The lowest BCUT2D eigenvalue weighted by Gasteiger charge is -2.28. The van der Waals surface area contributed by atoms with E-state index in [1.54, 1.807) is 0 Å². The fourth-order valence-electron chi connectivity index (χ4n) is 2.64. The average Bonchev–Trinajstić information content (AvgIpc) is 2.76. The molecular formula is C14H17NS. The molecule has 2 atom stereocenters. The summed E-state index contributed by atoms with van der Waals surface area (Å²) in [7, 11) is 0. The lowest BCUT2D eigenvalue weighted by Crippen LogP contribution is -2.30. The predicted molar refractivity (Wildman–Crippen MR) is 71.0 cm³/mol. The summed E-state index contributed by atoms with van der Waals surface area (Å²) in [5.41, 5.74) is 1.50. The Bertz CT molecular complexity index is 488. The molecule has 84 valence electrons. The van der Waals surface area contributed by atoms with E-state index in [2.05, 4.69) is 41.9 Å². The number of hydrogen-bond acceptors (Lipinski definition) is 2. The van der Waals surface area contributed by atoms with Gasteiger partial charge in [0.1, 0.15) is 0 Å². The van der Waals surface area contributed by atoms with Gasteiger partial charge in [-0.2, -0.15) is 0 Å². The Labute approximate surface area is 100 Å². The molecule has 0 aliphatic carbocycles. The zero-order chi connectivity index (χ0) is 11.0. The lowest BCUT2D eigenvalue weighted by atomic mass is 9.90. The lowest BCUT2D eigenvalue weighted by molar-refractivity contribution is 0.327. The molecule has 1 nitrogen and oxygen atoms in total. The molecule has 0 saturated carbocycles. The molecular weight excluding hydrogens is 214 g/mol. The van der Waals surface area contributed by atoms with Crippen LogP contribution in [0.3, 0.4) is 0 Å². The second-order valence-electron chi connectivity index (χ2n) is 4.82. The molecule has 1 aromatic heterocycles. The summed E-state index contributed by atoms with van der Waals surface area (Å²) in [6.07, 6.45) is 2.59. The number of thiophene rings is 1. The number of piperidine rings is 1. The summed E-state index contributed by atoms with van der Waals surface area (Å²) in [6.45, 7) is 3.52. The Hall–Kier alpha value is -0.860. The van der Waals surface area contributed by atoms with Gasteiger partial charge < -0.3 is 5.32 Å². The highest BCUT2D eigenvalue weighted by atomic mass is 32.1. The van der Waals surface area contributed by atoms with Crippen LogP contribution in [0.4, 0.5) is 0 Å². The number of nitrogens with one attached hydrogen (secondary N) is 1. The van der Waals surface area contributed by atoms with Crippen molar-refractivity contribution in [2.75, 3.05) is 6.54 Å². The molecule has 1 aromatic carbocycles. The first-order valence-corrected chi connectivity index (χ1v) is 6.92. The fraction of sp³-hybridized carbons (Fsp3) is 0.429. The van der Waals surface area contributed by atoms with Crippen LogP contribution >= 0.6 is 11.3 Å². The van der Waals surface area contributed by atoms with Crippen LogP contribution in [0.2, 0.25) is 0 Å². The number of rotatable bonds is 1. The van der Waals surface area contributed by atoms with Gasteiger partial charge in [-0.15, -0.1) is 11.3 Å². The quantitative estimate of drug-likeness (QED) is 0.783. The van der Waals surface area contributed by atoms with Crippen LogP contribution in [-0.2, 0) is 0 Å². The van der Waals surface area contributed by atoms with E-state index in [-0.39, 0.29) is 0 Å². The van der Waals surface area contributed by atoms with E-state index in [9.17, 15) is 0 Å². The van der Waals surface area contributed by atoms with Gasteiger partial charge in [0.05, 0.1) is 0 Å². The third-order valence-electron chi connectivity index (χ3n) is 3.55. The summed E-state index contributed by atoms with van der Waals surface area (Å²) in [5.74, 6) is 0.849. The maximum atomic E-state index is 3.65. The van der Waals surface area contributed by atoms with Gasteiger partial charge in [0.15, 0.2) is 0 Å². The van der Waals surface area contributed by atoms with Gasteiger partial charge >= 0.3 is 0 Å². The van der Waals surface area contributed by atoms with Crippen molar-refractivity contribution in [3.05, 3.63) is 35.2 Å². The monoisotopic (exact) mass is 231 g/mol. The van der Waals surface area contributed by atoms with E-state index >= 15 is 0 Å². The highest BCUT2D eigenvalue weighted by Gasteiger charge is 2.21. The number of benzene rings is 1. The topological polar surface area (TPSA) is 12.0 Å². The molecule has 0 amide bonds. The Morgan fingerprint density at radius 2 is 2.25 bits per heavy atom. The van der Waals surface area contributed by atoms with E-state index < -0.39 is 0 Å². The van der Waals surface area contributed by atoms with Crippen molar-refractivity contribution in [3.8, 4) is 0 Å². The van der Waals surface area contributed by atoms with Crippen LogP contribution < -0.4 is 5.32 Å². The molecule has 3 rings (SSSR count). The smallest absolute Gasteiger partial charge is 0.0390 e. The Morgan fingerprint density at radius 3 is 3.12 bits per heavy atom. The average molecular weight is 231 g/mol. The highest BCUT2D eigenvalue weighted by Crippen LogP contribution is 2.34. The van der Waals surface area contributed by atoms with Gasteiger partial charge in [-0.1, -0.05) is 25.1 Å². The third kappa shape index (κ3) is 1.76. The van der Waals surface area contributed by atoms with Crippen molar-refractivity contribution in [1.29, 1.82) is 0 Å². The van der Waals surface area contributed by atoms with E-state index in [1.807, 2.05) is 11.3 Å². The highest BCUT2D eigenvalue weighted by molar-refractivity contribution is 7.17. The second-order valence-corrected chi connectivity index (χ2v) is 5.74. The molecule has 2 unspecified atom stereocenters. The summed E-state index contributed by atoms with van der Waals surface area (Å²) < 4.78 is 1.47. The molecule has 2 heterocycles. The SMILES string of the molecule is CC1CCNC(c2cccc3ccsc23)C1. The molecule has 0 radical (unpaired) electrons. The van der Waals surface area contributed by atoms with Crippen molar-refractivity contribution < 1.29 is 0 Å². The Morgan fingerprint density at radius 1 is 1.31 bits per heavy atom. The van der Waals surface area contributed by atoms with Crippen LogP contribution in [0.15, 0.2) is 29.6 Å². The summed E-state index contributed by atoms with van der Waals surface area (Å²) in [4.78, 5) is 0. The minimum Gasteiger partial charge on any atom is -0.310 e. The van der Waals surface area contributed by atoms with Gasteiger partial charge in [0.2, 0.25) is 0 Å². The second kappa shape index (κ2) is 4.19. The summed E-state index contributed by atoms with van der Waals surface area (Å²) in [5, 5.41) is 7.24. The van der Waals surface area contributed by atoms with Crippen molar-refractivity contribution in [2.24, 2.45) is 5.92 Å². The van der Waals surface area contributed by atoms with Gasteiger partial charge in [0, 0.05) is 10.7 Å². The van der Waals surface area contributed by atoms with Crippen LogP contribution in [0.5, 0.6) is 0 Å². The minimum atomic E-state index is 0.561. The van der Waals surface area contributed by atoms with Crippen LogP contribution in [0.25, 0.3) is 10.1 Å². The van der Waals surface area contributed by atoms with Gasteiger partial charge in [-0.25, -0.2) is 0 Å². The molecule has 1 aliphatic heterocycles. The van der Waals surface area contributed by atoms with Crippen LogP contribution in [0, 0.1) is 5.92 Å².